The third kappa shape index (κ3) is 2.65. The fourth-order valence-corrected chi connectivity index (χ4v) is 3.86. The van der Waals surface area contributed by atoms with Crippen LogP contribution in [0.2, 0.25) is 5.02 Å². The molecule has 21 heavy (non-hydrogen) atoms. The highest BCUT2D eigenvalue weighted by Gasteiger charge is 2.20. The molecular weight excluding hydrogens is 332 g/mol. The zero-order valence-corrected chi connectivity index (χ0v) is 12.8. The van der Waals surface area contributed by atoms with Gasteiger partial charge in [-0.15, -0.1) is 0 Å². The Hall–Kier alpha value is -1.90. The van der Waals surface area contributed by atoms with E-state index in [2.05, 4.69) is 13.5 Å². The summed E-state index contributed by atoms with van der Waals surface area (Å²) in [6.07, 6.45) is 0. The summed E-state index contributed by atoms with van der Waals surface area (Å²) in [6.45, 7) is 0. The van der Waals surface area contributed by atoms with Gasteiger partial charge in [-0.2, -0.15) is 8.75 Å². The van der Waals surface area contributed by atoms with E-state index in [4.69, 9.17) is 17.3 Å². The van der Waals surface area contributed by atoms with Gasteiger partial charge in [0.05, 0.1) is 23.1 Å². The van der Waals surface area contributed by atoms with Crippen molar-refractivity contribution >= 4 is 55.8 Å². The van der Waals surface area contributed by atoms with Crippen LogP contribution in [0, 0.1) is 0 Å². The molecule has 0 unspecified atom stereocenters. The topological polar surface area (TPSA) is 98.0 Å². The minimum absolute atomic E-state index is 0.0584. The average Bonchev–Trinajstić information content (AvgIpc) is 2.90. The summed E-state index contributed by atoms with van der Waals surface area (Å²) in [5.74, 6) is 0. The summed E-state index contributed by atoms with van der Waals surface area (Å²) in [5, 5.41) is 0.432. The molecule has 1 heterocycles. The van der Waals surface area contributed by atoms with Crippen molar-refractivity contribution in [2.75, 3.05) is 10.5 Å². The Morgan fingerprint density at radius 3 is 2.76 bits per heavy atom. The van der Waals surface area contributed by atoms with E-state index in [1.54, 1.807) is 18.2 Å². The normalized spacial score (nSPS) is 11.7. The standard InChI is InChI=1S/C12H9ClN4O2S2/c13-7-4-5-9(8(14)6-7)17-21(18,19)11-3-1-2-10-12(11)16-20-15-10/h1-6,17H,14H2. The predicted octanol–water partition coefficient (Wildman–Crippen LogP) is 2.73. The maximum Gasteiger partial charge on any atom is 0.264 e. The molecule has 0 fully saturated rings. The van der Waals surface area contributed by atoms with Crippen LogP contribution in [0.3, 0.4) is 0 Å². The number of nitrogen functional groups attached to an aromatic ring is 1. The van der Waals surface area contributed by atoms with Crippen molar-refractivity contribution in [2.45, 2.75) is 4.90 Å². The van der Waals surface area contributed by atoms with Crippen LogP contribution in [-0.4, -0.2) is 17.2 Å². The maximum atomic E-state index is 12.5. The summed E-state index contributed by atoms with van der Waals surface area (Å²) in [7, 11) is -3.81. The molecule has 0 amide bonds. The fraction of sp³-hybridized carbons (Fsp3) is 0. The highest BCUT2D eigenvalue weighted by Crippen LogP contribution is 2.27. The molecule has 0 saturated carbocycles. The molecule has 0 spiro atoms. The molecule has 0 bridgehead atoms. The van der Waals surface area contributed by atoms with E-state index in [-0.39, 0.29) is 16.3 Å². The molecule has 0 atom stereocenters. The average molecular weight is 341 g/mol. The lowest BCUT2D eigenvalue weighted by Crippen LogP contribution is -2.14. The van der Waals surface area contributed by atoms with E-state index in [0.717, 1.165) is 11.7 Å². The third-order valence-corrected chi connectivity index (χ3v) is 4.97. The van der Waals surface area contributed by atoms with Crippen molar-refractivity contribution in [3.63, 3.8) is 0 Å². The molecule has 0 aliphatic rings. The van der Waals surface area contributed by atoms with Gasteiger partial charge >= 0.3 is 0 Å². The first kappa shape index (κ1) is 14.1. The molecule has 0 aliphatic heterocycles. The third-order valence-electron chi connectivity index (χ3n) is 2.80. The number of anilines is 2. The van der Waals surface area contributed by atoms with Gasteiger partial charge in [0.1, 0.15) is 15.9 Å². The Bertz CT molecular complexity index is 924. The minimum atomic E-state index is -3.81. The highest BCUT2D eigenvalue weighted by molar-refractivity contribution is 7.93. The molecule has 0 radical (unpaired) electrons. The van der Waals surface area contributed by atoms with Crippen LogP contribution in [0.4, 0.5) is 11.4 Å². The number of sulfonamides is 1. The summed E-state index contributed by atoms with van der Waals surface area (Å²) >= 11 is 6.75. The number of halogens is 1. The lowest BCUT2D eigenvalue weighted by molar-refractivity contribution is 0.602. The SMILES string of the molecule is Nc1cc(Cl)ccc1NS(=O)(=O)c1cccc2nsnc12. The molecule has 3 aromatic rings. The summed E-state index contributed by atoms with van der Waals surface area (Å²) in [4.78, 5) is 0.0584. The van der Waals surface area contributed by atoms with Gasteiger partial charge in [0.25, 0.3) is 10.0 Å². The van der Waals surface area contributed by atoms with Gasteiger partial charge in [-0.3, -0.25) is 4.72 Å². The van der Waals surface area contributed by atoms with Crippen molar-refractivity contribution in [2.24, 2.45) is 0 Å². The smallest absolute Gasteiger partial charge is 0.264 e. The van der Waals surface area contributed by atoms with Gasteiger partial charge in [-0.25, -0.2) is 8.42 Å². The number of hydrogen-bond acceptors (Lipinski definition) is 6. The van der Waals surface area contributed by atoms with E-state index in [1.807, 2.05) is 0 Å². The molecule has 0 aliphatic carbocycles. The predicted molar refractivity (Wildman–Crippen MR) is 84.1 cm³/mol. The van der Waals surface area contributed by atoms with Gasteiger partial charge < -0.3 is 5.73 Å². The van der Waals surface area contributed by atoms with Crippen molar-refractivity contribution in [1.29, 1.82) is 0 Å². The van der Waals surface area contributed by atoms with Gasteiger partial charge in [0, 0.05) is 5.02 Å². The second kappa shape index (κ2) is 5.14. The Kier molecular flexibility index (Phi) is 3.44. The van der Waals surface area contributed by atoms with E-state index >= 15 is 0 Å². The van der Waals surface area contributed by atoms with Gasteiger partial charge in [0.2, 0.25) is 0 Å². The van der Waals surface area contributed by atoms with E-state index < -0.39 is 10.0 Å². The molecule has 108 valence electrons. The molecule has 0 saturated heterocycles. The first-order valence-corrected chi connectivity index (χ1v) is 8.36. The van der Waals surface area contributed by atoms with Gasteiger partial charge in [0.15, 0.2) is 0 Å². The summed E-state index contributed by atoms with van der Waals surface area (Å²) < 4.78 is 35.5. The number of nitrogens with one attached hydrogen (secondary N) is 1. The molecule has 2 aromatic carbocycles. The number of fused-ring (bicyclic) bond motifs is 1. The van der Waals surface area contributed by atoms with Gasteiger partial charge in [-0.05, 0) is 30.3 Å². The van der Waals surface area contributed by atoms with Crippen molar-refractivity contribution in [1.82, 2.24) is 8.75 Å². The van der Waals surface area contributed by atoms with Crippen molar-refractivity contribution < 1.29 is 8.42 Å². The number of hydrogen-bond donors (Lipinski definition) is 2. The van der Waals surface area contributed by atoms with E-state index in [0.29, 0.717) is 16.1 Å². The van der Waals surface area contributed by atoms with Crippen LogP contribution in [0.15, 0.2) is 41.3 Å². The van der Waals surface area contributed by atoms with E-state index in [9.17, 15) is 8.42 Å². The monoisotopic (exact) mass is 340 g/mol. The summed E-state index contributed by atoms with van der Waals surface area (Å²) in [6, 6.07) is 9.33. The van der Waals surface area contributed by atoms with Crippen LogP contribution in [-0.2, 0) is 10.0 Å². The number of aromatic nitrogens is 2. The summed E-state index contributed by atoms with van der Waals surface area (Å²) in [5.41, 5.74) is 7.14. The number of benzene rings is 2. The molecule has 3 rings (SSSR count). The van der Waals surface area contributed by atoms with Crippen LogP contribution in [0.1, 0.15) is 0 Å². The number of rotatable bonds is 3. The van der Waals surface area contributed by atoms with Crippen LogP contribution in [0.25, 0.3) is 11.0 Å². The molecule has 6 nitrogen and oxygen atoms in total. The molecule has 9 heteroatoms. The maximum absolute atomic E-state index is 12.5. The Labute approximate surface area is 129 Å². The van der Waals surface area contributed by atoms with Crippen LogP contribution in [0.5, 0.6) is 0 Å². The second-order valence-corrected chi connectivity index (χ2v) is 6.84. The Morgan fingerprint density at radius 1 is 1.19 bits per heavy atom. The molecule has 1 aromatic heterocycles. The van der Waals surface area contributed by atoms with Crippen LogP contribution >= 0.6 is 23.3 Å². The first-order chi connectivity index (χ1) is 9.97. The largest absolute Gasteiger partial charge is 0.397 e. The Balaban J connectivity index is 2.06. The zero-order chi connectivity index (χ0) is 15.0. The van der Waals surface area contributed by atoms with Crippen molar-refractivity contribution in [3.05, 3.63) is 41.4 Å². The highest BCUT2D eigenvalue weighted by atomic mass is 35.5. The first-order valence-electron chi connectivity index (χ1n) is 5.76. The fourth-order valence-electron chi connectivity index (χ4n) is 1.82. The zero-order valence-electron chi connectivity index (χ0n) is 10.4. The lowest BCUT2D eigenvalue weighted by Gasteiger charge is -2.10. The quantitative estimate of drug-likeness (QED) is 0.714. The lowest BCUT2D eigenvalue weighted by atomic mass is 10.3. The molecule has 3 N–H and O–H groups in total. The van der Waals surface area contributed by atoms with Crippen molar-refractivity contribution in [3.8, 4) is 0 Å². The van der Waals surface area contributed by atoms with E-state index in [1.165, 1.54) is 18.2 Å². The Morgan fingerprint density at radius 2 is 2.00 bits per heavy atom. The number of nitrogens with two attached hydrogens (primary N) is 1. The van der Waals surface area contributed by atoms with Gasteiger partial charge in [-0.1, -0.05) is 17.7 Å². The number of nitrogens with zero attached hydrogens (tertiary/aromatic N) is 2. The second-order valence-electron chi connectivity index (χ2n) is 4.23. The minimum Gasteiger partial charge on any atom is -0.397 e. The van der Waals surface area contributed by atoms with Crippen LogP contribution < -0.4 is 10.5 Å². The molecular formula is C12H9ClN4O2S2.